The summed E-state index contributed by atoms with van der Waals surface area (Å²) < 4.78 is 1.14. The van der Waals surface area contributed by atoms with E-state index in [1.165, 1.54) is 31.2 Å². The normalized spacial score (nSPS) is 24.6. The number of piperidine rings is 1. The fraction of sp³-hybridized carbons (Fsp3) is 0.625. The highest BCUT2D eigenvalue weighted by Crippen LogP contribution is 2.35. The van der Waals surface area contributed by atoms with Crippen LogP contribution in [0.5, 0.6) is 0 Å². The summed E-state index contributed by atoms with van der Waals surface area (Å²) >= 11 is 3.51. The zero-order chi connectivity index (χ0) is 13.7. The lowest BCUT2D eigenvalue weighted by Gasteiger charge is -2.42. The van der Waals surface area contributed by atoms with Gasteiger partial charge >= 0.3 is 0 Å². The van der Waals surface area contributed by atoms with Gasteiger partial charge in [0.1, 0.15) is 0 Å². The lowest BCUT2D eigenvalue weighted by molar-refractivity contribution is 0.0651. The van der Waals surface area contributed by atoms with Gasteiger partial charge in [0.25, 0.3) is 0 Å². The van der Waals surface area contributed by atoms with Gasteiger partial charge in [0.05, 0.1) is 0 Å². The van der Waals surface area contributed by atoms with E-state index in [-0.39, 0.29) is 0 Å². The minimum atomic E-state index is 0.304. The van der Waals surface area contributed by atoms with E-state index in [9.17, 15) is 5.11 Å². The van der Waals surface area contributed by atoms with Crippen LogP contribution in [0.3, 0.4) is 0 Å². The molecule has 0 aliphatic carbocycles. The molecule has 0 amide bonds. The van der Waals surface area contributed by atoms with Crippen LogP contribution in [0.4, 0.5) is 0 Å². The maximum atomic E-state index is 9.26. The molecule has 2 atom stereocenters. The highest BCUT2D eigenvalue weighted by Gasteiger charge is 2.30. The largest absolute Gasteiger partial charge is 0.396 e. The highest BCUT2D eigenvalue weighted by molar-refractivity contribution is 9.10. The Morgan fingerprint density at radius 1 is 1.26 bits per heavy atom. The first-order valence-corrected chi connectivity index (χ1v) is 8.17. The van der Waals surface area contributed by atoms with Gasteiger partial charge in [0, 0.05) is 23.2 Å². The van der Waals surface area contributed by atoms with Crippen LogP contribution in [0.1, 0.15) is 50.6 Å². The summed E-state index contributed by atoms with van der Waals surface area (Å²) in [6.45, 7) is 3.67. The summed E-state index contributed by atoms with van der Waals surface area (Å²) in [5, 5.41) is 9.26. The predicted octanol–water partition coefficient (Wildman–Crippen LogP) is 4.14. The van der Waals surface area contributed by atoms with Crippen LogP contribution in [0.25, 0.3) is 0 Å². The van der Waals surface area contributed by atoms with Gasteiger partial charge in [-0.2, -0.15) is 0 Å². The predicted molar refractivity (Wildman–Crippen MR) is 83.2 cm³/mol. The van der Waals surface area contributed by atoms with Gasteiger partial charge in [0.15, 0.2) is 0 Å². The number of benzene rings is 1. The molecule has 0 bridgehead atoms. The van der Waals surface area contributed by atoms with Crippen LogP contribution in [0.15, 0.2) is 28.7 Å². The van der Waals surface area contributed by atoms with E-state index in [1.54, 1.807) is 0 Å². The molecule has 106 valence electrons. The molecule has 1 aliphatic rings. The molecule has 1 unspecified atom stereocenters. The van der Waals surface area contributed by atoms with Crippen molar-refractivity contribution < 1.29 is 5.11 Å². The van der Waals surface area contributed by atoms with E-state index < -0.39 is 0 Å². The lowest BCUT2D eigenvalue weighted by atomic mass is 9.89. The van der Waals surface area contributed by atoms with Crippen molar-refractivity contribution in [1.29, 1.82) is 0 Å². The van der Waals surface area contributed by atoms with Crippen molar-refractivity contribution >= 4 is 15.9 Å². The minimum Gasteiger partial charge on any atom is -0.396 e. The van der Waals surface area contributed by atoms with Crippen LogP contribution in [0, 0.1) is 0 Å². The summed E-state index contributed by atoms with van der Waals surface area (Å²) in [4.78, 5) is 2.61. The Morgan fingerprint density at radius 2 is 2.00 bits per heavy atom. The molecule has 1 aliphatic heterocycles. The topological polar surface area (TPSA) is 23.5 Å². The second-order valence-electron chi connectivity index (χ2n) is 5.40. The maximum absolute atomic E-state index is 9.26. The Labute approximate surface area is 124 Å². The van der Waals surface area contributed by atoms with E-state index >= 15 is 0 Å². The van der Waals surface area contributed by atoms with Crippen molar-refractivity contribution in [3.05, 3.63) is 34.3 Å². The van der Waals surface area contributed by atoms with Crippen molar-refractivity contribution in [2.45, 2.75) is 51.1 Å². The molecule has 2 nitrogen and oxygen atoms in total. The quantitative estimate of drug-likeness (QED) is 0.879. The molecule has 1 aromatic rings. The first-order valence-electron chi connectivity index (χ1n) is 7.38. The number of likely N-dealkylation sites (tertiary alicyclic amines) is 1. The van der Waals surface area contributed by atoms with E-state index in [0.717, 1.165) is 17.4 Å². The third-order valence-electron chi connectivity index (χ3n) is 4.08. The fourth-order valence-corrected chi connectivity index (χ4v) is 3.50. The first kappa shape index (κ1) is 15.0. The molecule has 0 spiro atoms. The SMILES string of the molecule is CCCN1C(c2ccc(Br)cc2)CCC[C@H]1CCO. The van der Waals surface area contributed by atoms with E-state index in [2.05, 4.69) is 52.0 Å². The maximum Gasteiger partial charge on any atom is 0.0445 e. The average molecular weight is 326 g/mol. The van der Waals surface area contributed by atoms with Crippen LogP contribution < -0.4 is 0 Å². The monoisotopic (exact) mass is 325 g/mol. The van der Waals surface area contributed by atoms with E-state index in [4.69, 9.17) is 0 Å². The van der Waals surface area contributed by atoms with Gasteiger partial charge < -0.3 is 5.11 Å². The summed E-state index contributed by atoms with van der Waals surface area (Å²) in [7, 11) is 0. The molecule has 19 heavy (non-hydrogen) atoms. The van der Waals surface area contributed by atoms with Crippen LogP contribution in [-0.2, 0) is 0 Å². The van der Waals surface area contributed by atoms with Crippen LogP contribution in [0.2, 0.25) is 0 Å². The lowest BCUT2D eigenvalue weighted by Crippen LogP contribution is -2.42. The number of halogens is 1. The molecule has 2 rings (SSSR count). The highest BCUT2D eigenvalue weighted by atomic mass is 79.9. The molecule has 1 heterocycles. The standard InChI is InChI=1S/C16H24BrNO/c1-2-11-18-15(10-12-19)4-3-5-16(18)13-6-8-14(17)9-7-13/h6-9,15-16,19H,2-5,10-12H2,1H3/t15-,16?/m0/s1. The second-order valence-corrected chi connectivity index (χ2v) is 6.32. The summed E-state index contributed by atoms with van der Waals surface area (Å²) in [6, 6.07) is 9.81. The molecule has 0 radical (unpaired) electrons. The fourth-order valence-electron chi connectivity index (χ4n) is 3.23. The number of rotatable bonds is 5. The molecular formula is C16H24BrNO. The van der Waals surface area contributed by atoms with Crippen molar-refractivity contribution in [2.75, 3.05) is 13.2 Å². The second kappa shape index (κ2) is 7.41. The van der Waals surface area contributed by atoms with Gasteiger partial charge in [-0.3, -0.25) is 4.90 Å². The summed E-state index contributed by atoms with van der Waals surface area (Å²) in [5.74, 6) is 0. The Balaban J connectivity index is 2.17. The van der Waals surface area contributed by atoms with Crippen molar-refractivity contribution in [2.24, 2.45) is 0 Å². The molecule has 0 aromatic heterocycles. The van der Waals surface area contributed by atoms with Gasteiger partial charge in [-0.1, -0.05) is 35.0 Å². The van der Waals surface area contributed by atoms with E-state index in [1.807, 2.05) is 0 Å². The van der Waals surface area contributed by atoms with Crippen LogP contribution >= 0.6 is 15.9 Å². The van der Waals surface area contributed by atoms with Gasteiger partial charge in [-0.05, 0) is 56.3 Å². The third kappa shape index (κ3) is 3.80. The van der Waals surface area contributed by atoms with Crippen molar-refractivity contribution in [3.8, 4) is 0 Å². The minimum absolute atomic E-state index is 0.304. The zero-order valence-electron chi connectivity index (χ0n) is 11.7. The Morgan fingerprint density at radius 3 is 2.63 bits per heavy atom. The molecule has 0 saturated carbocycles. The number of nitrogens with zero attached hydrogens (tertiary/aromatic N) is 1. The molecule has 1 fully saturated rings. The zero-order valence-corrected chi connectivity index (χ0v) is 13.3. The van der Waals surface area contributed by atoms with E-state index in [0.29, 0.717) is 18.7 Å². The van der Waals surface area contributed by atoms with Gasteiger partial charge in [-0.25, -0.2) is 0 Å². The molecule has 1 N–H and O–H groups in total. The molecular weight excluding hydrogens is 302 g/mol. The summed E-state index contributed by atoms with van der Waals surface area (Å²) in [6.07, 6.45) is 5.82. The smallest absolute Gasteiger partial charge is 0.0445 e. The summed E-state index contributed by atoms with van der Waals surface area (Å²) in [5.41, 5.74) is 1.42. The first-order chi connectivity index (χ1) is 9.26. The number of aliphatic hydroxyl groups is 1. The number of hydrogen-bond donors (Lipinski definition) is 1. The molecule has 1 aromatic carbocycles. The van der Waals surface area contributed by atoms with Crippen LogP contribution in [-0.4, -0.2) is 29.2 Å². The Kier molecular flexibility index (Phi) is 5.86. The average Bonchev–Trinajstić information content (AvgIpc) is 2.42. The Hall–Kier alpha value is -0.380. The third-order valence-corrected chi connectivity index (χ3v) is 4.61. The molecule has 1 saturated heterocycles. The molecule has 3 heteroatoms. The van der Waals surface area contributed by atoms with Gasteiger partial charge in [-0.15, -0.1) is 0 Å². The van der Waals surface area contributed by atoms with Crippen molar-refractivity contribution in [3.63, 3.8) is 0 Å². The Bertz CT molecular complexity index is 377. The number of hydrogen-bond acceptors (Lipinski definition) is 2. The van der Waals surface area contributed by atoms with Crippen molar-refractivity contribution in [1.82, 2.24) is 4.90 Å². The number of aliphatic hydroxyl groups excluding tert-OH is 1. The van der Waals surface area contributed by atoms with Gasteiger partial charge in [0.2, 0.25) is 0 Å².